The number of methoxy groups -OCH3 is 1. The summed E-state index contributed by atoms with van der Waals surface area (Å²) in [7, 11) is 1.69. The van der Waals surface area contributed by atoms with Crippen LogP contribution in [0.25, 0.3) is 10.9 Å². The first kappa shape index (κ1) is 15.5. The Morgan fingerprint density at radius 2 is 1.86 bits per heavy atom. The fourth-order valence-corrected chi connectivity index (χ4v) is 2.42. The van der Waals surface area contributed by atoms with Gasteiger partial charge in [-0.3, -0.25) is 4.98 Å². The van der Waals surface area contributed by atoms with Crippen LogP contribution in [0.4, 0.5) is 5.69 Å². The maximum absolute atomic E-state index is 5.66. The van der Waals surface area contributed by atoms with Gasteiger partial charge in [-0.05, 0) is 38.1 Å². The summed E-state index contributed by atoms with van der Waals surface area (Å²) in [6.07, 6.45) is 3.70. The summed E-state index contributed by atoms with van der Waals surface area (Å²) in [5, 5.41) is 1.08. The molecule has 0 amide bonds. The highest BCUT2D eigenvalue weighted by atomic mass is 16.5. The Morgan fingerprint density at radius 1 is 1.14 bits per heavy atom. The predicted octanol–water partition coefficient (Wildman–Crippen LogP) is 1.75. The smallest absolute Gasteiger partial charge is 0.121 e. The van der Waals surface area contributed by atoms with Gasteiger partial charge in [0, 0.05) is 30.7 Å². The van der Waals surface area contributed by atoms with Crippen LogP contribution in [-0.2, 0) is 0 Å². The standard InChI is InChI=1S/C16H24N4O/c1-21-14-11-13-5-2-8-19-16(13)15(12-14)20(9-3-6-17)10-4-7-18/h2,5,8,11-12H,3-4,6-7,9-10,17-18H2,1H3. The summed E-state index contributed by atoms with van der Waals surface area (Å²) >= 11 is 0. The molecule has 0 aliphatic carbocycles. The van der Waals surface area contributed by atoms with Gasteiger partial charge in [0.05, 0.1) is 18.3 Å². The van der Waals surface area contributed by atoms with E-state index >= 15 is 0 Å². The fourth-order valence-electron chi connectivity index (χ4n) is 2.42. The van der Waals surface area contributed by atoms with Crippen LogP contribution in [0.2, 0.25) is 0 Å². The first-order valence-electron chi connectivity index (χ1n) is 7.38. The van der Waals surface area contributed by atoms with E-state index in [0.717, 1.165) is 48.3 Å². The van der Waals surface area contributed by atoms with E-state index in [1.807, 2.05) is 24.4 Å². The summed E-state index contributed by atoms with van der Waals surface area (Å²) in [6, 6.07) is 8.05. The zero-order valence-corrected chi connectivity index (χ0v) is 12.6. The van der Waals surface area contributed by atoms with Crippen molar-refractivity contribution in [3.8, 4) is 5.75 Å². The van der Waals surface area contributed by atoms with E-state index < -0.39 is 0 Å². The highest BCUT2D eigenvalue weighted by molar-refractivity contribution is 5.92. The predicted molar refractivity (Wildman–Crippen MR) is 87.9 cm³/mol. The van der Waals surface area contributed by atoms with Gasteiger partial charge in [-0.25, -0.2) is 0 Å². The van der Waals surface area contributed by atoms with E-state index in [0.29, 0.717) is 13.1 Å². The van der Waals surface area contributed by atoms with E-state index in [-0.39, 0.29) is 0 Å². The topological polar surface area (TPSA) is 77.4 Å². The summed E-state index contributed by atoms with van der Waals surface area (Å²) in [5.74, 6) is 0.844. The van der Waals surface area contributed by atoms with Crippen molar-refractivity contribution in [1.29, 1.82) is 0 Å². The largest absolute Gasteiger partial charge is 0.497 e. The molecule has 0 aliphatic rings. The molecule has 1 aromatic carbocycles. The van der Waals surface area contributed by atoms with Gasteiger partial charge >= 0.3 is 0 Å². The molecule has 2 rings (SSSR count). The second-order valence-corrected chi connectivity index (χ2v) is 4.99. The summed E-state index contributed by atoms with van der Waals surface area (Å²) in [5.41, 5.74) is 13.4. The van der Waals surface area contributed by atoms with E-state index in [1.165, 1.54) is 0 Å². The van der Waals surface area contributed by atoms with Crippen molar-refractivity contribution in [2.24, 2.45) is 11.5 Å². The zero-order valence-electron chi connectivity index (χ0n) is 12.6. The molecule has 0 bridgehead atoms. The lowest BCUT2D eigenvalue weighted by atomic mass is 10.1. The molecule has 0 fully saturated rings. The molecule has 0 radical (unpaired) electrons. The third kappa shape index (κ3) is 3.83. The Labute approximate surface area is 125 Å². The molecule has 114 valence electrons. The van der Waals surface area contributed by atoms with Gasteiger partial charge in [0.25, 0.3) is 0 Å². The SMILES string of the molecule is COc1cc(N(CCCN)CCCN)c2ncccc2c1. The Hall–Kier alpha value is -1.85. The molecule has 0 aliphatic heterocycles. The highest BCUT2D eigenvalue weighted by Crippen LogP contribution is 2.30. The van der Waals surface area contributed by atoms with Crippen molar-refractivity contribution in [3.05, 3.63) is 30.5 Å². The van der Waals surface area contributed by atoms with Crippen LogP contribution >= 0.6 is 0 Å². The molecule has 0 saturated heterocycles. The van der Waals surface area contributed by atoms with Crippen molar-refractivity contribution >= 4 is 16.6 Å². The normalized spacial score (nSPS) is 10.8. The number of nitrogens with two attached hydrogens (primary N) is 2. The van der Waals surface area contributed by atoms with E-state index in [2.05, 4.69) is 16.0 Å². The molecule has 4 N–H and O–H groups in total. The van der Waals surface area contributed by atoms with Gasteiger partial charge in [-0.1, -0.05) is 6.07 Å². The molecule has 1 heterocycles. The number of hydrogen-bond acceptors (Lipinski definition) is 5. The van der Waals surface area contributed by atoms with Crippen LogP contribution in [0.1, 0.15) is 12.8 Å². The second kappa shape index (κ2) is 7.81. The van der Waals surface area contributed by atoms with Crippen molar-refractivity contribution in [3.63, 3.8) is 0 Å². The minimum Gasteiger partial charge on any atom is -0.497 e. The molecule has 5 heteroatoms. The number of nitrogens with zero attached hydrogens (tertiary/aromatic N) is 2. The molecule has 0 unspecified atom stereocenters. The van der Waals surface area contributed by atoms with Crippen molar-refractivity contribution in [2.45, 2.75) is 12.8 Å². The van der Waals surface area contributed by atoms with Gasteiger partial charge in [0.2, 0.25) is 0 Å². The summed E-state index contributed by atoms with van der Waals surface area (Å²) < 4.78 is 5.42. The molecule has 0 atom stereocenters. The number of benzene rings is 1. The maximum atomic E-state index is 5.66. The first-order chi connectivity index (χ1) is 10.3. The second-order valence-electron chi connectivity index (χ2n) is 4.99. The quantitative estimate of drug-likeness (QED) is 0.774. The number of hydrogen-bond donors (Lipinski definition) is 2. The van der Waals surface area contributed by atoms with Crippen LogP contribution in [0, 0.1) is 0 Å². The Morgan fingerprint density at radius 3 is 2.48 bits per heavy atom. The average Bonchev–Trinajstić information content (AvgIpc) is 2.54. The van der Waals surface area contributed by atoms with Crippen LogP contribution in [0.3, 0.4) is 0 Å². The Kier molecular flexibility index (Phi) is 5.78. The minimum atomic E-state index is 0.675. The summed E-state index contributed by atoms with van der Waals surface area (Å²) in [4.78, 5) is 6.84. The van der Waals surface area contributed by atoms with Crippen LogP contribution < -0.4 is 21.1 Å². The number of rotatable bonds is 8. The average molecular weight is 288 g/mol. The molecule has 5 nitrogen and oxygen atoms in total. The van der Waals surface area contributed by atoms with Crippen LogP contribution in [0.15, 0.2) is 30.5 Å². The lowest BCUT2D eigenvalue weighted by Gasteiger charge is -2.26. The molecule has 1 aromatic heterocycles. The molecular formula is C16H24N4O. The minimum absolute atomic E-state index is 0.675. The number of ether oxygens (including phenoxy) is 1. The van der Waals surface area contributed by atoms with Gasteiger partial charge in [0.15, 0.2) is 0 Å². The van der Waals surface area contributed by atoms with Crippen LogP contribution in [-0.4, -0.2) is 38.3 Å². The Bertz CT molecular complexity index is 565. The molecule has 2 aromatic rings. The van der Waals surface area contributed by atoms with Crippen molar-refractivity contribution in [1.82, 2.24) is 4.98 Å². The van der Waals surface area contributed by atoms with Crippen LogP contribution in [0.5, 0.6) is 5.75 Å². The maximum Gasteiger partial charge on any atom is 0.121 e. The van der Waals surface area contributed by atoms with Crippen molar-refractivity contribution in [2.75, 3.05) is 38.2 Å². The number of fused-ring (bicyclic) bond motifs is 1. The highest BCUT2D eigenvalue weighted by Gasteiger charge is 2.12. The van der Waals surface area contributed by atoms with Gasteiger partial charge < -0.3 is 21.1 Å². The molecule has 21 heavy (non-hydrogen) atoms. The number of pyridine rings is 1. The molecule has 0 spiro atoms. The zero-order chi connectivity index (χ0) is 15.1. The van der Waals surface area contributed by atoms with Gasteiger partial charge in [-0.15, -0.1) is 0 Å². The third-order valence-electron chi connectivity index (χ3n) is 3.50. The number of aromatic nitrogens is 1. The van der Waals surface area contributed by atoms with Gasteiger partial charge in [-0.2, -0.15) is 0 Å². The first-order valence-corrected chi connectivity index (χ1v) is 7.38. The van der Waals surface area contributed by atoms with Gasteiger partial charge in [0.1, 0.15) is 5.75 Å². The van der Waals surface area contributed by atoms with E-state index in [4.69, 9.17) is 16.2 Å². The van der Waals surface area contributed by atoms with E-state index in [1.54, 1.807) is 7.11 Å². The Balaban J connectivity index is 2.43. The van der Waals surface area contributed by atoms with E-state index in [9.17, 15) is 0 Å². The monoisotopic (exact) mass is 288 g/mol. The molecular weight excluding hydrogens is 264 g/mol. The third-order valence-corrected chi connectivity index (χ3v) is 3.50. The lowest BCUT2D eigenvalue weighted by molar-refractivity contribution is 0.415. The fraction of sp³-hybridized carbons (Fsp3) is 0.438. The molecule has 0 saturated carbocycles. The lowest BCUT2D eigenvalue weighted by Crippen LogP contribution is -2.29. The number of anilines is 1. The summed E-state index contributed by atoms with van der Waals surface area (Å²) in [6.45, 7) is 3.15. The van der Waals surface area contributed by atoms with Crippen molar-refractivity contribution < 1.29 is 4.74 Å².